The van der Waals surface area contributed by atoms with Gasteiger partial charge >= 0.3 is 5.97 Å². The van der Waals surface area contributed by atoms with Crippen LogP contribution >= 0.6 is 23.2 Å². The lowest BCUT2D eigenvalue weighted by molar-refractivity contribution is -0.137. The number of amides is 1. The summed E-state index contributed by atoms with van der Waals surface area (Å²) in [6.45, 7) is 0. The van der Waals surface area contributed by atoms with Crippen LogP contribution < -0.4 is 10.9 Å². The highest BCUT2D eigenvalue weighted by molar-refractivity contribution is 6.30. The molecule has 0 saturated heterocycles. The molecule has 1 heterocycles. The first-order chi connectivity index (χ1) is 13.7. The van der Waals surface area contributed by atoms with Crippen LogP contribution in [0.3, 0.4) is 0 Å². The van der Waals surface area contributed by atoms with Gasteiger partial charge in [0.1, 0.15) is 11.5 Å². The molecule has 0 fully saturated rings. The Balaban J connectivity index is 1.88. The largest absolute Gasteiger partial charge is 0.481 e. The van der Waals surface area contributed by atoms with Crippen molar-refractivity contribution in [2.45, 2.75) is 12.5 Å². The molecule has 2 aromatic carbocycles. The van der Waals surface area contributed by atoms with Gasteiger partial charge in [-0.1, -0.05) is 29.3 Å². The van der Waals surface area contributed by atoms with Crippen LogP contribution in [0.1, 0.15) is 28.5 Å². The number of aromatic nitrogens is 2. The summed E-state index contributed by atoms with van der Waals surface area (Å²) >= 11 is 11.5. The summed E-state index contributed by atoms with van der Waals surface area (Å²) < 4.78 is 15.3. The Labute approximate surface area is 173 Å². The van der Waals surface area contributed by atoms with E-state index < -0.39 is 35.7 Å². The third-order valence-corrected chi connectivity index (χ3v) is 4.56. The Morgan fingerprint density at radius 3 is 2.38 bits per heavy atom. The molecule has 7 nitrogen and oxygen atoms in total. The number of carboxylic acid groups (broad SMARTS) is 1. The summed E-state index contributed by atoms with van der Waals surface area (Å²) in [6.07, 6.45) is -0.563. The Hall–Kier alpha value is -3.10. The van der Waals surface area contributed by atoms with Crippen molar-refractivity contribution >= 4 is 35.1 Å². The van der Waals surface area contributed by atoms with Crippen LogP contribution in [-0.4, -0.2) is 26.8 Å². The number of aliphatic carboxylic acids is 1. The molecular formula is C19H14Cl2FN3O4. The molecular weight excluding hydrogens is 424 g/mol. The van der Waals surface area contributed by atoms with Crippen molar-refractivity contribution in [3.05, 3.63) is 86.0 Å². The molecule has 1 atom stereocenters. The van der Waals surface area contributed by atoms with Crippen molar-refractivity contribution in [3.63, 3.8) is 0 Å². The van der Waals surface area contributed by atoms with Gasteiger partial charge in [0.05, 0.1) is 18.2 Å². The molecule has 29 heavy (non-hydrogen) atoms. The van der Waals surface area contributed by atoms with Gasteiger partial charge in [-0.15, -0.1) is 0 Å². The molecule has 0 aliphatic heterocycles. The lowest BCUT2D eigenvalue weighted by atomic mass is 10.0. The maximum Gasteiger partial charge on any atom is 0.305 e. The van der Waals surface area contributed by atoms with Crippen molar-refractivity contribution in [1.82, 2.24) is 15.1 Å². The van der Waals surface area contributed by atoms with E-state index in [1.54, 1.807) is 24.3 Å². The van der Waals surface area contributed by atoms with E-state index in [2.05, 4.69) is 10.4 Å². The molecule has 0 aliphatic carbocycles. The van der Waals surface area contributed by atoms with Gasteiger partial charge in [-0.3, -0.25) is 19.5 Å². The van der Waals surface area contributed by atoms with Crippen molar-refractivity contribution in [3.8, 4) is 5.69 Å². The number of hydrogen-bond donors (Lipinski definition) is 3. The lowest BCUT2D eigenvalue weighted by Crippen LogP contribution is -2.31. The number of carbonyl (C=O) groups excluding carboxylic acids is 1. The Morgan fingerprint density at radius 1 is 1.10 bits per heavy atom. The predicted octanol–water partition coefficient (Wildman–Crippen LogP) is 3.56. The quantitative estimate of drug-likeness (QED) is 0.548. The van der Waals surface area contributed by atoms with E-state index in [9.17, 15) is 18.8 Å². The summed E-state index contributed by atoms with van der Waals surface area (Å²) in [5, 5.41) is 14.8. The Morgan fingerprint density at radius 2 is 1.76 bits per heavy atom. The van der Waals surface area contributed by atoms with Crippen molar-refractivity contribution < 1.29 is 19.1 Å². The SMILES string of the molecule is O=C(O)CC(NC(=O)c1cc(=O)n(-c2ccc(Cl)cc2)[nH]1)c1ccc(Cl)cc1F. The molecule has 1 amide bonds. The Kier molecular flexibility index (Phi) is 6.05. The molecule has 0 saturated carbocycles. The average molecular weight is 438 g/mol. The lowest BCUT2D eigenvalue weighted by Gasteiger charge is -2.18. The van der Waals surface area contributed by atoms with Crippen molar-refractivity contribution in [2.75, 3.05) is 0 Å². The molecule has 0 spiro atoms. The summed E-state index contributed by atoms with van der Waals surface area (Å²) in [7, 11) is 0. The van der Waals surface area contributed by atoms with E-state index in [1.165, 1.54) is 12.1 Å². The van der Waals surface area contributed by atoms with Crippen molar-refractivity contribution in [2.24, 2.45) is 0 Å². The van der Waals surface area contributed by atoms with E-state index in [1.807, 2.05) is 0 Å². The zero-order valence-corrected chi connectivity index (χ0v) is 16.2. The van der Waals surface area contributed by atoms with Gasteiger partial charge in [0.25, 0.3) is 11.5 Å². The van der Waals surface area contributed by atoms with E-state index in [-0.39, 0.29) is 16.3 Å². The van der Waals surface area contributed by atoms with Crippen LogP contribution in [-0.2, 0) is 4.79 Å². The fourth-order valence-electron chi connectivity index (χ4n) is 2.73. The van der Waals surface area contributed by atoms with Gasteiger partial charge in [-0.2, -0.15) is 0 Å². The van der Waals surface area contributed by atoms with E-state index in [4.69, 9.17) is 28.3 Å². The number of hydrogen-bond acceptors (Lipinski definition) is 3. The zero-order valence-electron chi connectivity index (χ0n) is 14.7. The molecule has 1 aromatic heterocycles. The number of aromatic amines is 1. The van der Waals surface area contributed by atoms with Gasteiger partial charge in [-0.05, 0) is 36.4 Å². The monoisotopic (exact) mass is 437 g/mol. The second-order valence-corrected chi connectivity index (χ2v) is 6.98. The standard InChI is InChI=1S/C19H14Cl2FN3O4/c20-10-1-4-12(5-2-10)25-17(26)8-16(24-25)19(29)23-15(9-18(27)28)13-6-3-11(21)7-14(13)22/h1-8,15,24H,9H2,(H,23,29)(H,27,28). The maximum atomic E-state index is 14.2. The molecule has 150 valence electrons. The zero-order chi connectivity index (χ0) is 21.1. The minimum absolute atomic E-state index is 0.0374. The van der Waals surface area contributed by atoms with Gasteiger partial charge in [-0.25, -0.2) is 9.07 Å². The first-order valence-corrected chi connectivity index (χ1v) is 9.06. The highest BCUT2D eigenvalue weighted by Gasteiger charge is 2.23. The normalized spacial score (nSPS) is 11.8. The number of carboxylic acids is 1. The second kappa shape index (κ2) is 8.50. The molecule has 0 aliphatic rings. The number of nitrogens with zero attached hydrogens (tertiary/aromatic N) is 1. The fourth-order valence-corrected chi connectivity index (χ4v) is 3.01. The van der Waals surface area contributed by atoms with Crippen LogP contribution in [0.5, 0.6) is 0 Å². The van der Waals surface area contributed by atoms with Gasteiger partial charge < -0.3 is 10.4 Å². The topological polar surface area (TPSA) is 104 Å². The Bertz CT molecular complexity index is 1130. The molecule has 10 heteroatoms. The smallest absolute Gasteiger partial charge is 0.305 e. The van der Waals surface area contributed by atoms with Crippen LogP contribution in [0.4, 0.5) is 4.39 Å². The van der Waals surface area contributed by atoms with Gasteiger partial charge in [0.15, 0.2) is 0 Å². The van der Waals surface area contributed by atoms with Crippen LogP contribution in [0.2, 0.25) is 10.0 Å². The third kappa shape index (κ3) is 4.85. The molecule has 0 bridgehead atoms. The summed E-state index contributed by atoms with van der Waals surface area (Å²) in [5.74, 6) is -2.76. The highest BCUT2D eigenvalue weighted by atomic mass is 35.5. The predicted molar refractivity (Wildman–Crippen MR) is 105 cm³/mol. The highest BCUT2D eigenvalue weighted by Crippen LogP contribution is 2.23. The van der Waals surface area contributed by atoms with Crippen LogP contribution in [0.15, 0.2) is 53.3 Å². The minimum Gasteiger partial charge on any atom is -0.481 e. The third-order valence-electron chi connectivity index (χ3n) is 4.07. The molecule has 3 N–H and O–H groups in total. The van der Waals surface area contributed by atoms with Gasteiger partial charge in [0, 0.05) is 21.7 Å². The van der Waals surface area contributed by atoms with Crippen LogP contribution in [0, 0.1) is 5.82 Å². The van der Waals surface area contributed by atoms with Gasteiger partial charge in [0.2, 0.25) is 0 Å². The van der Waals surface area contributed by atoms with Crippen molar-refractivity contribution in [1.29, 1.82) is 0 Å². The number of H-pyrrole nitrogens is 1. The molecule has 3 rings (SSSR count). The number of nitrogens with one attached hydrogen (secondary N) is 2. The van der Waals surface area contributed by atoms with Crippen LogP contribution in [0.25, 0.3) is 5.69 Å². The molecule has 0 radical (unpaired) electrons. The average Bonchev–Trinajstić information content (AvgIpc) is 3.03. The first kappa shape index (κ1) is 20.6. The number of benzene rings is 2. The maximum absolute atomic E-state index is 14.2. The molecule has 3 aromatic rings. The number of halogens is 3. The second-order valence-electron chi connectivity index (χ2n) is 6.11. The summed E-state index contributed by atoms with van der Waals surface area (Å²) in [4.78, 5) is 36.0. The van der Waals surface area contributed by atoms with E-state index in [0.717, 1.165) is 16.8 Å². The first-order valence-electron chi connectivity index (χ1n) is 8.30. The minimum atomic E-state index is -1.24. The molecule has 1 unspecified atom stereocenters. The fraction of sp³-hybridized carbons (Fsp3) is 0.105. The summed E-state index contributed by atoms with van der Waals surface area (Å²) in [6, 6.07) is 9.92. The number of carbonyl (C=O) groups is 2. The van der Waals surface area contributed by atoms with E-state index in [0.29, 0.717) is 10.7 Å². The number of rotatable bonds is 6. The summed E-state index contributed by atoms with van der Waals surface area (Å²) in [5.41, 5.74) is -0.214. The van der Waals surface area contributed by atoms with E-state index >= 15 is 0 Å².